The van der Waals surface area contributed by atoms with Gasteiger partial charge in [-0.05, 0) is 37.0 Å². The van der Waals surface area contributed by atoms with Crippen LogP contribution in [0, 0.1) is 11.7 Å². The molecular weight excluding hydrogens is 393 g/mol. The number of halogens is 1. The summed E-state index contributed by atoms with van der Waals surface area (Å²) in [7, 11) is 0. The van der Waals surface area contributed by atoms with Crippen molar-refractivity contribution in [3.8, 4) is 5.75 Å². The molecule has 0 aliphatic carbocycles. The van der Waals surface area contributed by atoms with Crippen LogP contribution in [-0.4, -0.2) is 66.4 Å². The first kappa shape index (κ1) is 20.9. The average Bonchev–Trinajstić information content (AvgIpc) is 3.32. The molecule has 3 fully saturated rings. The van der Waals surface area contributed by atoms with E-state index in [1.807, 2.05) is 11.8 Å². The molecule has 0 N–H and O–H groups in total. The number of morpholine rings is 1. The van der Waals surface area contributed by atoms with Crippen LogP contribution in [-0.2, 0) is 9.47 Å². The van der Waals surface area contributed by atoms with Gasteiger partial charge in [0.25, 0.3) is 0 Å². The summed E-state index contributed by atoms with van der Waals surface area (Å²) in [6, 6.07) is 4.28. The van der Waals surface area contributed by atoms with Gasteiger partial charge in [0.2, 0.25) is 0 Å². The van der Waals surface area contributed by atoms with Crippen LogP contribution in [0.5, 0.6) is 5.75 Å². The summed E-state index contributed by atoms with van der Waals surface area (Å²) < 4.78 is 31.6. The molecule has 3 heterocycles. The maximum atomic E-state index is 14.6. The Hall–Kier alpha value is -1.31. The van der Waals surface area contributed by atoms with Crippen LogP contribution < -0.4 is 4.74 Å². The Labute approximate surface area is 176 Å². The van der Waals surface area contributed by atoms with Gasteiger partial charge in [-0.1, -0.05) is 13.8 Å². The SMILES string of the molecule is CC(C)C1(Oc2cc(C(=O)OCCN3CCOCC3)ccc2F)CC2CCC1S2. The molecule has 160 valence electrons. The van der Waals surface area contributed by atoms with E-state index >= 15 is 0 Å². The van der Waals surface area contributed by atoms with Crippen molar-refractivity contribution in [3.63, 3.8) is 0 Å². The molecular formula is C22H30FNO4S. The highest BCUT2D eigenvalue weighted by atomic mass is 32.2. The van der Waals surface area contributed by atoms with Crippen molar-refractivity contribution < 1.29 is 23.4 Å². The lowest BCUT2D eigenvalue weighted by atomic mass is 9.77. The largest absolute Gasteiger partial charge is 0.483 e. The number of esters is 1. The topological polar surface area (TPSA) is 48.0 Å². The van der Waals surface area contributed by atoms with E-state index in [1.54, 1.807) is 0 Å². The first-order valence-electron chi connectivity index (χ1n) is 10.6. The lowest BCUT2D eigenvalue weighted by molar-refractivity contribution is 0.00324. The summed E-state index contributed by atoms with van der Waals surface area (Å²) in [6.07, 6.45) is 3.26. The maximum Gasteiger partial charge on any atom is 0.338 e. The standard InChI is InChI=1S/C22H30FNO4S/c1-15(2)22(14-17-4-6-20(22)29-17)28-19-13-16(3-5-18(19)23)21(25)27-12-9-24-7-10-26-11-8-24/h3,5,13,15,17,20H,4,6-12,14H2,1-2H3. The fourth-order valence-corrected chi connectivity index (χ4v) is 6.64. The molecule has 3 saturated heterocycles. The third-order valence-corrected chi connectivity index (χ3v) is 8.14. The van der Waals surface area contributed by atoms with Crippen molar-refractivity contribution in [1.82, 2.24) is 4.90 Å². The number of carbonyl (C=O) groups is 1. The molecule has 3 aliphatic rings. The molecule has 3 unspecified atom stereocenters. The number of hydrogen-bond donors (Lipinski definition) is 0. The molecule has 0 radical (unpaired) electrons. The molecule has 3 aliphatic heterocycles. The highest BCUT2D eigenvalue weighted by Gasteiger charge is 2.55. The van der Waals surface area contributed by atoms with Gasteiger partial charge in [0, 0.05) is 36.6 Å². The molecule has 2 bridgehead atoms. The summed E-state index contributed by atoms with van der Waals surface area (Å²) in [4.78, 5) is 14.7. The van der Waals surface area contributed by atoms with E-state index < -0.39 is 11.8 Å². The summed E-state index contributed by atoms with van der Waals surface area (Å²) in [5.41, 5.74) is -0.0362. The minimum atomic E-state index is -0.441. The van der Waals surface area contributed by atoms with E-state index in [4.69, 9.17) is 14.2 Å². The smallest absolute Gasteiger partial charge is 0.338 e. The maximum absolute atomic E-state index is 14.6. The molecule has 1 aromatic rings. The zero-order valence-electron chi connectivity index (χ0n) is 17.2. The molecule has 0 amide bonds. The monoisotopic (exact) mass is 423 g/mol. The second-order valence-electron chi connectivity index (χ2n) is 8.48. The van der Waals surface area contributed by atoms with Crippen LogP contribution >= 0.6 is 11.8 Å². The van der Waals surface area contributed by atoms with Gasteiger partial charge in [0.05, 0.1) is 18.8 Å². The van der Waals surface area contributed by atoms with Crippen LogP contribution in [0.25, 0.3) is 0 Å². The number of hydrogen-bond acceptors (Lipinski definition) is 6. The fourth-order valence-electron chi connectivity index (χ4n) is 4.62. The van der Waals surface area contributed by atoms with Crippen molar-refractivity contribution in [2.45, 2.75) is 49.2 Å². The van der Waals surface area contributed by atoms with Crippen LogP contribution in [0.15, 0.2) is 18.2 Å². The highest BCUT2D eigenvalue weighted by Crippen LogP contribution is 2.56. The zero-order chi connectivity index (χ0) is 20.4. The number of rotatable bonds is 7. The lowest BCUT2D eigenvalue weighted by Gasteiger charge is -2.40. The quantitative estimate of drug-likeness (QED) is 0.623. The number of carbonyl (C=O) groups excluding carboxylic acids is 1. The summed E-state index contributed by atoms with van der Waals surface area (Å²) in [5.74, 6) is -0.435. The van der Waals surface area contributed by atoms with Gasteiger partial charge in [-0.2, -0.15) is 11.8 Å². The van der Waals surface area contributed by atoms with Crippen LogP contribution in [0.2, 0.25) is 0 Å². The Morgan fingerprint density at radius 3 is 2.79 bits per heavy atom. The predicted molar refractivity (Wildman–Crippen MR) is 111 cm³/mol. The zero-order valence-corrected chi connectivity index (χ0v) is 18.0. The molecule has 4 rings (SSSR count). The van der Waals surface area contributed by atoms with Gasteiger partial charge in [-0.3, -0.25) is 4.90 Å². The lowest BCUT2D eigenvalue weighted by Crippen LogP contribution is -2.49. The van der Waals surface area contributed by atoms with Crippen molar-refractivity contribution >= 4 is 17.7 Å². The van der Waals surface area contributed by atoms with Crippen molar-refractivity contribution in [2.24, 2.45) is 5.92 Å². The van der Waals surface area contributed by atoms with Gasteiger partial charge in [0.15, 0.2) is 11.6 Å². The molecule has 0 saturated carbocycles. The molecule has 3 atom stereocenters. The Balaban J connectivity index is 1.41. The number of benzene rings is 1. The molecule has 0 spiro atoms. The van der Waals surface area contributed by atoms with Crippen LogP contribution in [0.1, 0.15) is 43.5 Å². The summed E-state index contributed by atoms with van der Waals surface area (Å²) in [6.45, 7) is 8.40. The average molecular weight is 424 g/mol. The Bertz CT molecular complexity index is 740. The van der Waals surface area contributed by atoms with Crippen molar-refractivity contribution in [2.75, 3.05) is 39.5 Å². The Morgan fingerprint density at radius 1 is 1.34 bits per heavy atom. The molecule has 0 aromatic heterocycles. The van der Waals surface area contributed by atoms with E-state index in [9.17, 15) is 9.18 Å². The van der Waals surface area contributed by atoms with E-state index in [-0.39, 0.29) is 17.3 Å². The second kappa shape index (κ2) is 8.82. The second-order valence-corrected chi connectivity index (χ2v) is 9.98. The first-order chi connectivity index (χ1) is 14.0. The normalized spacial score (nSPS) is 29.4. The number of thioether (sulfide) groups is 1. The van der Waals surface area contributed by atoms with Gasteiger partial charge >= 0.3 is 5.97 Å². The van der Waals surface area contributed by atoms with Gasteiger partial charge in [0.1, 0.15) is 12.2 Å². The van der Waals surface area contributed by atoms with Gasteiger partial charge in [-0.25, -0.2) is 9.18 Å². The Kier molecular flexibility index (Phi) is 6.37. The van der Waals surface area contributed by atoms with Gasteiger partial charge in [-0.15, -0.1) is 0 Å². The number of fused-ring (bicyclic) bond motifs is 2. The van der Waals surface area contributed by atoms with E-state index in [0.717, 1.165) is 25.9 Å². The van der Waals surface area contributed by atoms with E-state index in [0.29, 0.717) is 42.4 Å². The molecule has 5 nitrogen and oxygen atoms in total. The molecule has 29 heavy (non-hydrogen) atoms. The van der Waals surface area contributed by atoms with Crippen LogP contribution in [0.4, 0.5) is 4.39 Å². The third-order valence-electron chi connectivity index (χ3n) is 6.39. The highest BCUT2D eigenvalue weighted by molar-refractivity contribution is 8.01. The first-order valence-corrected chi connectivity index (χ1v) is 11.5. The molecule has 7 heteroatoms. The summed E-state index contributed by atoms with van der Waals surface area (Å²) in [5, 5.41) is 0.981. The summed E-state index contributed by atoms with van der Waals surface area (Å²) >= 11 is 1.97. The third kappa shape index (κ3) is 4.42. The molecule has 1 aromatic carbocycles. The van der Waals surface area contributed by atoms with Crippen LogP contribution in [0.3, 0.4) is 0 Å². The predicted octanol–water partition coefficient (Wildman–Crippen LogP) is 3.76. The fraction of sp³-hybridized carbons (Fsp3) is 0.682. The number of ether oxygens (including phenoxy) is 3. The van der Waals surface area contributed by atoms with Gasteiger partial charge < -0.3 is 14.2 Å². The van der Waals surface area contributed by atoms with Crippen molar-refractivity contribution in [1.29, 1.82) is 0 Å². The minimum Gasteiger partial charge on any atom is -0.483 e. The Morgan fingerprint density at radius 2 is 2.14 bits per heavy atom. The number of nitrogens with zero attached hydrogens (tertiary/aromatic N) is 1. The van der Waals surface area contributed by atoms with Crippen molar-refractivity contribution in [3.05, 3.63) is 29.6 Å². The van der Waals surface area contributed by atoms with E-state index in [2.05, 4.69) is 18.7 Å². The van der Waals surface area contributed by atoms with E-state index in [1.165, 1.54) is 24.6 Å². The minimum absolute atomic E-state index is 0.162.